The zero-order valence-electron chi connectivity index (χ0n) is 10.3. The fraction of sp³-hybridized carbons (Fsp3) is 0.462. The number of amides is 1. The van der Waals surface area contributed by atoms with Crippen molar-refractivity contribution in [3.05, 3.63) is 24.3 Å². The van der Waals surface area contributed by atoms with Gasteiger partial charge >= 0.3 is 0 Å². The predicted molar refractivity (Wildman–Crippen MR) is 66.8 cm³/mol. The third-order valence-corrected chi connectivity index (χ3v) is 2.81. The van der Waals surface area contributed by atoms with Crippen molar-refractivity contribution in [2.24, 2.45) is 0 Å². The number of aliphatic hydroxyl groups excluding tert-OH is 1. The molecule has 0 bridgehead atoms. The Morgan fingerprint density at radius 3 is 2.83 bits per heavy atom. The van der Waals surface area contributed by atoms with Crippen LogP contribution >= 0.6 is 0 Å². The number of benzene rings is 1. The molecule has 1 aliphatic rings. The van der Waals surface area contributed by atoms with E-state index in [1.54, 1.807) is 12.0 Å². The Labute approximate surface area is 106 Å². The first kappa shape index (κ1) is 12.9. The molecule has 0 saturated carbocycles. The first-order valence-corrected chi connectivity index (χ1v) is 5.91. The van der Waals surface area contributed by atoms with E-state index in [1.165, 1.54) is 0 Å². The van der Waals surface area contributed by atoms with Gasteiger partial charge in [-0.3, -0.25) is 4.79 Å². The fourth-order valence-corrected chi connectivity index (χ4v) is 1.96. The van der Waals surface area contributed by atoms with Crippen LogP contribution in [0.3, 0.4) is 0 Å². The number of anilines is 1. The summed E-state index contributed by atoms with van der Waals surface area (Å²) in [6.45, 7) is 1.24. The summed E-state index contributed by atoms with van der Waals surface area (Å²) in [5, 5.41) is 9.51. The molecule has 1 aliphatic heterocycles. The summed E-state index contributed by atoms with van der Waals surface area (Å²) < 4.78 is 10.5. The van der Waals surface area contributed by atoms with Crippen molar-refractivity contribution < 1.29 is 19.4 Å². The van der Waals surface area contributed by atoms with Crippen molar-refractivity contribution >= 4 is 11.6 Å². The normalized spacial score (nSPS) is 19.3. The molecular weight excluding hydrogens is 234 g/mol. The molecule has 98 valence electrons. The molecule has 1 atom stereocenters. The number of carbonyl (C=O) groups excluding carboxylic acids is 1. The van der Waals surface area contributed by atoms with Crippen LogP contribution in [0.15, 0.2) is 24.3 Å². The lowest BCUT2D eigenvalue weighted by Crippen LogP contribution is -2.26. The van der Waals surface area contributed by atoms with Crippen molar-refractivity contribution in [1.82, 2.24) is 0 Å². The molecule has 18 heavy (non-hydrogen) atoms. The number of ether oxygens (including phenoxy) is 2. The highest BCUT2D eigenvalue weighted by Crippen LogP contribution is 2.31. The summed E-state index contributed by atoms with van der Waals surface area (Å²) in [5.41, 5.74) is 0.704. The van der Waals surface area contributed by atoms with E-state index in [2.05, 4.69) is 0 Å². The van der Waals surface area contributed by atoms with Crippen LogP contribution in [-0.2, 0) is 9.53 Å². The molecule has 5 heteroatoms. The fourth-order valence-electron chi connectivity index (χ4n) is 1.96. The van der Waals surface area contributed by atoms with Gasteiger partial charge in [-0.2, -0.15) is 0 Å². The number of methoxy groups -OCH3 is 1. The number of β-amino-alcohol motifs (C(OH)–C–C–N with tert-alkyl or cyclic N) is 1. The highest BCUT2D eigenvalue weighted by atomic mass is 16.5. The van der Waals surface area contributed by atoms with Gasteiger partial charge < -0.3 is 19.5 Å². The lowest BCUT2D eigenvalue weighted by Gasteiger charge is -2.19. The smallest absolute Gasteiger partial charge is 0.229 e. The van der Waals surface area contributed by atoms with Gasteiger partial charge in [-0.05, 0) is 12.1 Å². The van der Waals surface area contributed by atoms with E-state index in [9.17, 15) is 9.90 Å². The monoisotopic (exact) mass is 251 g/mol. The van der Waals surface area contributed by atoms with E-state index in [0.717, 1.165) is 0 Å². The first-order valence-electron chi connectivity index (χ1n) is 5.91. The zero-order valence-corrected chi connectivity index (χ0v) is 10.3. The minimum Gasteiger partial charge on any atom is -0.489 e. The van der Waals surface area contributed by atoms with Crippen LogP contribution in [0.1, 0.15) is 6.42 Å². The van der Waals surface area contributed by atoms with Crippen LogP contribution in [0.2, 0.25) is 0 Å². The quantitative estimate of drug-likeness (QED) is 0.787. The van der Waals surface area contributed by atoms with E-state index in [4.69, 9.17) is 9.47 Å². The highest BCUT2D eigenvalue weighted by molar-refractivity contribution is 5.97. The molecule has 1 amide bonds. The molecule has 1 unspecified atom stereocenters. The SMILES string of the molecule is COCCOc1ccccc1N1CC(O)CC1=O. The number of nitrogens with zero attached hydrogens (tertiary/aromatic N) is 1. The van der Waals surface area contributed by atoms with Crippen LogP contribution in [-0.4, -0.2) is 44.0 Å². The van der Waals surface area contributed by atoms with Gasteiger partial charge in [0.2, 0.25) is 5.91 Å². The summed E-state index contributed by atoms with van der Waals surface area (Å²) in [6.07, 6.45) is -0.420. The van der Waals surface area contributed by atoms with Crippen LogP contribution in [0.25, 0.3) is 0 Å². The number of hydrogen-bond donors (Lipinski definition) is 1. The summed E-state index contributed by atoms with van der Waals surface area (Å²) in [5.74, 6) is 0.558. The molecule has 1 fully saturated rings. The Balaban J connectivity index is 2.14. The Morgan fingerprint density at radius 1 is 1.39 bits per heavy atom. The molecule has 1 N–H and O–H groups in total. The number of aliphatic hydroxyl groups is 1. The predicted octanol–water partition coefficient (Wildman–Crippen LogP) is 0.809. The molecule has 0 aliphatic carbocycles. The van der Waals surface area contributed by atoms with Crippen LogP contribution in [0.4, 0.5) is 5.69 Å². The molecule has 0 aromatic heterocycles. The van der Waals surface area contributed by atoms with E-state index in [-0.39, 0.29) is 12.3 Å². The van der Waals surface area contributed by atoms with E-state index >= 15 is 0 Å². The number of para-hydroxylation sites is 2. The zero-order chi connectivity index (χ0) is 13.0. The standard InChI is InChI=1S/C13H17NO4/c1-17-6-7-18-12-5-3-2-4-11(12)14-9-10(15)8-13(14)16/h2-5,10,15H,6-9H2,1H3. The van der Waals surface area contributed by atoms with Gasteiger partial charge in [-0.1, -0.05) is 12.1 Å². The molecule has 0 spiro atoms. The number of hydrogen-bond acceptors (Lipinski definition) is 4. The van der Waals surface area contributed by atoms with Crippen molar-refractivity contribution in [3.8, 4) is 5.75 Å². The second-order valence-corrected chi connectivity index (χ2v) is 4.17. The molecule has 1 aromatic rings. The van der Waals surface area contributed by atoms with Gasteiger partial charge in [-0.25, -0.2) is 0 Å². The lowest BCUT2D eigenvalue weighted by atomic mass is 10.2. The minimum absolute atomic E-state index is 0.0784. The van der Waals surface area contributed by atoms with Crippen molar-refractivity contribution in [2.75, 3.05) is 31.8 Å². The second-order valence-electron chi connectivity index (χ2n) is 4.17. The van der Waals surface area contributed by atoms with Gasteiger partial charge in [0.1, 0.15) is 12.4 Å². The lowest BCUT2D eigenvalue weighted by molar-refractivity contribution is -0.117. The maximum atomic E-state index is 11.8. The Morgan fingerprint density at radius 2 is 2.17 bits per heavy atom. The molecule has 1 aromatic carbocycles. The van der Waals surface area contributed by atoms with Gasteiger partial charge in [0.25, 0.3) is 0 Å². The summed E-state index contributed by atoms with van der Waals surface area (Å²) >= 11 is 0. The Bertz CT molecular complexity index is 421. The van der Waals surface area contributed by atoms with Crippen LogP contribution < -0.4 is 9.64 Å². The summed E-state index contributed by atoms with van der Waals surface area (Å²) in [4.78, 5) is 13.3. The average molecular weight is 251 g/mol. The average Bonchev–Trinajstić information content (AvgIpc) is 2.69. The Hall–Kier alpha value is -1.59. The van der Waals surface area contributed by atoms with Gasteiger partial charge in [0.15, 0.2) is 0 Å². The third kappa shape index (κ3) is 2.80. The molecule has 0 radical (unpaired) electrons. The van der Waals surface area contributed by atoms with Crippen molar-refractivity contribution in [3.63, 3.8) is 0 Å². The number of carbonyl (C=O) groups is 1. The van der Waals surface area contributed by atoms with E-state index in [0.29, 0.717) is 31.2 Å². The Kier molecular flexibility index (Phi) is 4.17. The maximum absolute atomic E-state index is 11.8. The summed E-state index contributed by atoms with van der Waals surface area (Å²) in [6, 6.07) is 7.32. The van der Waals surface area contributed by atoms with Gasteiger partial charge in [-0.15, -0.1) is 0 Å². The molecule has 1 heterocycles. The molecule has 2 rings (SSSR count). The van der Waals surface area contributed by atoms with E-state index < -0.39 is 6.10 Å². The molecule has 5 nitrogen and oxygen atoms in total. The number of rotatable bonds is 5. The molecular formula is C13H17NO4. The summed E-state index contributed by atoms with van der Waals surface area (Å²) in [7, 11) is 1.61. The largest absolute Gasteiger partial charge is 0.489 e. The van der Waals surface area contributed by atoms with Crippen LogP contribution in [0, 0.1) is 0 Å². The van der Waals surface area contributed by atoms with Crippen molar-refractivity contribution in [2.45, 2.75) is 12.5 Å². The van der Waals surface area contributed by atoms with E-state index in [1.807, 2.05) is 24.3 Å². The molecule has 1 saturated heterocycles. The second kappa shape index (κ2) is 5.84. The maximum Gasteiger partial charge on any atom is 0.229 e. The van der Waals surface area contributed by atoms with Crippen molar-refractivity contribution in [1.29, 1.82) is 0 Å². The van der Waals surface area contributed by atoms with Crippen LogP contribution in [0.5, 0.6) is 5.75 Å². The van der Waals surface area contributed by atoms with Gasteiger partial charge in [0, 0.05) is 7.11 Å². The van der Waals surface area contributed by atoms with Gasteiger partial charge in [0.05, 0.1) is 31.4 Å². The third-order valence-electron chi connectivity index (χ3n) is 2.81. The highest BCUT2D eigenvalue weighted by Gasteiger charge is 2.30. The first-order chi connectivity index (χ1) is 8.72. The topological polar surface area (TPSA) is 59.0 Å². The minimum atomic E-state index is -0.593.